The first-order chi connectivity index (χ1) is 7.27. The molecule has 1 saturated heterocycles. The van der Waals surface area contributed by atoms with E-state index in [4.69, 9.17) is 0 Å². The zero-order valence-corrected chi connectivity index (χ0v) is 8.27. The van der Waals surface area contributed by atoms with E-state index < -0.39 is 0 Å². The van der Waals surface area contributed by atoms with Crippen LogP contribution in [0.3, 0.4) is 0 Å². The van der Waals surface area contributed by atoms with E-state index in [9.17, 15) is 10.1 Å². The molecule has 5 heteroatoms. The van der Waals surface area contributed by atoms with Crippen molar-refractivity contribution >= 4 is 5.69 Å². The number of non-ortho nitro benzene ring substituents is 1. The maximum atomic E-state index is 10.5. The Morgan fingerprint density at radius 1 is 1.27 bits per heavy atom. The van der Waals surface area contributed by atoms with Crippen molar-refractivity contribution in [3.05, 3.63) is 39.9 Å². The third-order valence-electron chi connectivity index (χ3n) is 2.55. The van der Waals surface area contributed by atoms with Crippen molar-refractivity contribution in [1.82, 2.24) is 10.6 Å². The van der Waals surface area contributed by atoms with E-state index in [-0.39, 0.29) is 16.7 Å². The summed E-state index contributed by atoms with van der Waals surface area (Å²) in [5.74, 6) is 0. The van der Waals surface area contributed by atoms with Gasteiger partial charge in [0, 0.05) is 37.8 Å². The lowest BCUT2D eigenvalue weighted by Crippen LogP contribution is -2.42. The SMILES string of the molecule is O=[N+]([O-])c1ccc(C2CNCCN2)cc1. The van der Waals surface area contributed by atoms with Gasteiger partial charge in [0.25, 0.3) is 5.69 Å². The topological polar surface area (TPSA) is 67.2 Å². The smallest absolute Gasteiger partial charge is 0.269 e. The van der Waals surface area contributed by atoms with Gasteiger partial charge in [0.05, 0.1) is 4.92 Å². The molecule has 1 fully saturated rings. The Kier molecular flexibility index (Phi) is 2.94. The van der Waals surface area contributed by atoms with Crippen LogP contribution in [0.5, 0.6) is 0 Å². The number of nitro benzene ring substituents is 1. The number of hydrogen-bond acceptors (Lipinski definition) is 4. The number of nitro groups is 1. The van der Waals surface area contributed by atoms with Gasteiger partial charge in [0.2, 0.25) is 0 Å². The predicted molar refractivity (Wildman–Crippen MR) is 56.7 cm³/mol. The summed E-state index contributed by atoms with van der Waals surface area (Å²) in [6.07, 6.45) is 0. The summed E-state index contributed by atoms with van der Waals surface area (Å²) in [6.45, 7) is 2.78. The molecular weight excluding hydrogens is 194 g/mol. The van der Waals surface area contributed by atoms with E-state index in [1.165, 1.54) is 0 Å². The minimum Gasteiger partial charge on any atom is -0.314 e. The van der Waals surface area contributed by atoms with Crippen LogP contribution in [0, 0.1) is 10.1 Å². The van der Waals surface area contributed by atoms with Crippen molar-refractivity contribution < 1.29 is 4.92 Å². The number of benzene rings is 1. The first-order valence-corrected chi connectivity index (χ1v) is 4.96. The number of hydrogen-bond donors (Lipinski definition) is 2. The van der Waals surface area contributed by atoms with Crippen molar-refractivity contribution in [1.29, 1.82) is 0 Å². The number of nitrogens with one attached hydrogen (secondary N) is 2. The molecule has 1 unspecified atom stereocenters. The molecule has 5 nitrogen and oxygen atoms in total. The van der Waals surface area contributed by atoms with Gasteiger partial charge in [-0.05, 0) is 5.56 Å². The molecule has 0 amide bonds. The molecule has 0 spiro atoms. The fourth-order valence-electron chi connectivity index (χ4n) is 1.72. The quantitative estimate of drug-likeness (QED) is 0.556. The third-order valence-corrected chi connectivity index (χ3v) is 2.55. The fraction of sp³-hybridized carbons (Fsp3) is 0.400. The molecule has 1 aliphatic heterocycles. The normalized spacial score (nSPS) is 21.2. The maximum absolute atomic E-state index is 10.5. The molecule has 0 aromatic heterocycles. The molecule has 2 N–H and O–H groups in total. The molecule has 1 heterocycles. The van der Waals surface area contributed by atoms with Gasteiger partial charge in [-0.25, -0.2) is 0 Å². The molecule has 1 aromatic rings. The molecule has 1 atom stereocenters. The van der Waals surface area contributed by atoms with E-state index in [0.29, 0.717) is 0 Å². The zero-order chi connectivity index (χ0) is 10.7. The van der Waals surface area contributed by atoms with Gasteiger partial charge >= 0.3 is 0 Å². The van der Waals surface area contributed by atoms with E-state index in [1.807, 2.05) is 12.1 Å². The number of rotatable bonds is 2. The molecular formula is C10H13N3O2. The molecule has 0 aliphatic carbocycles. The van der Waals surface area contributed by atoms with Crippen molar-refractivity contribution in [3.8, 4) is 0 Å². The van der Waals surface area contributed by atoms with Crippen LogP contribution in [0.15, 0.2) is 24.3 Å². The Bertz CT molecular complexity index is 344. The van der Waals surface area contributed by atoms with E-state index in [0.717, 1.165) is 25.2 Å². The lowest BCUT2D eigenvalue weighted by Gasteiger charge is -2.24. The molecule has 1 aliphatic rings. The average molecular weight is 207 g/mol. The number of piperazine rings is 1. The number of nitrogens with zero attached hydrogens (tertiary/aromatic N) is 1. The van der Waals surface area contributed by atoms with Crippen LogP contribution in [-0.2, 0) is 0 Å². The Balaban J connectivity index is 2.11. The highest BCUT2D eigenvalue weighted by Gasteiger charge is 2.14. The van der Waals surface area contributed by atoms with E-state index >= 15 is 0 Å². The van der Waals surface area contributed by atoms with Crippen LogP contribution < -0.4 is 10.6 Å². The minimum absolute atomic E-state index is 0.141. The standard InChI is InChI=1S/C10H13N3O2/c14-13(15)9-3-1-8(2-4-9)10-7-11-5-6-12-10/h1-4,10-12H,5-7H2. The molecule has 2 rings (SSSR count). The monoisotopic (exact) mass is 207 g/mol. The molecule has 0 radical (unpaired) electrons. The van der Waals surface area contributed by atoms with Crippen molar-refractivity contribution in [3.63, 3.8) is 0 Å². The molecule has 0 bridgehead atoms. The Hall–Kier alpha value is -1.46. The van der Waals surface area contributed by atoms with Crippen molar-refractivity contribution in [2.24, 2.45) is 0 Å². The average Bonchev–Trinajstić information content (AvgIpc) is 2.30. The molecule has 80 valence electrons. The lowest BCUT2D eigenvalue weighted by atomic mass is 10.1. The fourth-order valence-corrected chi connectivity index (χ4v) is 1.72. The first-order valence-electron chi connectivity index (χ1n) is 4.96. The van der Waals surface area contributed by atoms with E-state index in [2.05, 4.69) is 10.6 Å². The summed E-state index contributed by atoms with van der Waals surface area (Å²) in [6, 6.07) is 6.97. The van der Waals surface area contributed by atoms with Gasteiger partial charge in [-0.3, -0.25) is 10.1 Å². The van der Waals surface area contributed by atoms with Crippen LogP contribution in [0.2, 0.25) is 0 Å². The van der Waals surface area contributed by atoms with Gasteiger partial charge in [0.15, 0.2) is 0 Å². The maximum Gasteiger partial charge on any atom is 0.269 e. The highest BCUT2D eigenvalue weighted by Crippen LogP contribution is 2.18. The lowest BCUT2D eigenvalue weighted by molar-refractivity contribution is -0.384. The van der Waals surface area contributed by atoms with E-state index in [1.54, 1.807) is 12.1 Å². The van der Waals surface area contributed by atoms with Gasteiger partial charge in [-0.2, -0.15) is 0 Å². The van der Waals surface area contributed by atoms with Crippen LogP contribution in [0.1, 0.15) is 11.6 Å². The predicted octanol–water partition coefficient (Wildman–Crippen LogP) is 0.829. The van der Waals surface area contributed by atoms with Gasteiger partial charge < -0.3 is 10.6 Å². The van der Waals surface area contributed by atoms with Crippen LogP contribution in [-0.4, -0.2) is 24.6 Å². The van der Waals surface area contributed by atoms with Crippen molar-refractivity contribution in [2.75, 3.05) is 19.6 Å². The summed E-state index contributed by atoms with van der Waals surface area (Å²) in [5, 5.41) is 17.1. The van der Waals surface area contributed by atoms with Gasteiger partial charge in [-0.1, -0.05) is 12.1 Å². The molecule has 15 heavy (non-hydrogen) atoms. The summed E-state index contributed by atoms with van der Waals surface area (Å²) in [7, 11) is 0. The summed E-state index contributed by atoms with van der Waals surface area (Å²) >= 11 is 0. The summed E-state index contributed by atoms with van der Waals surface area (Å²) < 4.78 is 0. The second kappa shape index (κ2) is 4.37. The highest BCUT2D eigenvalue weighted by atomic mass is 16.6. The minimum atomic E-state index is -0.379. The Morgan fingerprint density at radius 2 is 2.00 bits per heavy atom. The highest BCUT2D eigenvalue weighted by molar-refractivity contribution is 5.34. The second-order valence-corrected chi connectivity index (χ2v) is 3.56. The van der Waals surface area contributed by atoms with Crippen molar-refractivity contribution in [2.45, 2.75) is 6.04 Å². The van der Waals surface area contributed by atoms with Gasteiger partial charge in [-0.15, -0.1) is 0 Å². The summed E-state index contributed by atoms with van der Waals surface area (Å²) in [5.41, 5.74) is 1.23. The molecule has 0 saturated carbocycles. The first kappa shape index (κ1) is 10.1. The Morgan fingerprint density at radius 3 is 2.53 bits per heavy atom. The second-order valence-electron chi connectivity index (χ2n) is 3.56. The third kappa shape index (κ3) is 2.31. The zero-order valence-electron chi connectivity index (χ0n) is 8.27. The van der Waals surface area contributed by atoms with Crippen LogP contribution in [0.25, 0.3) is 0 Å². The largest absolute Gasteiger partial charge is 0.314 e. The Labute approximate surface area is 87.6 Å². The van der Waals surface area contributed by atoms with Gasteiger partial charge in [0.1, 0.15) is 0 Å². The van der Waals surface area contributed by atoms with Crippen LogP contribution >= 0.6 is 0 Å². The van der Waals surface area contributed by atoms with Crippen LogP contribution in [0.4, 0.5) is 5.69 Å². The molecule has 1 aromatic carbocycles. The summed E-state index contributed by atoms with van der Waals surface area (Å²) in [4.78, 5) is 10.1.